The van der Waals surface area contributed by atoms with Crippen molar-refractivity contribution in [1.82, 2.24) is 4.31 Å². The van der Waals surface area contributed by atoms with E-state index in [0.29, 0.717) is 5.56 Å². The van der Waals surface area contributed by atoms with Crippen molar-refractivity contribution < 1.29 is 22.7 Å². The number of methoxy groups -OCH3 is 1. The Morgan fingerprint density at radius 2 is 2.11 bits per heavy atom. The predicted molar refractivity (Wildman–Crippen MR) is 68.6 cm³/mol. The topological polar surface area (TPSA) is 66.8 Å². The van der Waals surface area contributed by atoms with Gasteiger partial charge in [0.05, 0.1) is 13.2 Å². The van der Waals surface area contributed by atoms with Crippen molar-refractivity contribution in [2.45, 2.75) is 24.5 Å². The molecular formula is C12H18FNO4S. The van der Waals surface area contributed by atoms with Gasteiger partial charge in [-0.2, -0.15) is 4.31 Å². The lowest BCUT2D eigenvalue weighted by Crippen LogP contribution is -2.38. The third-order valence-electron chi connectivity index (χ3n) is 2.86. The zero-order chi connectivity index (χ0) is 14.6. The Morgan fingerprint density at radius 1 is 1.47 bits per heavy atom. The highest BCUT2D eigenvalue weighted by Gasteiger charge is 2.28. The summed E-state index contributed by atoms with van der Waals surface area (Å²) in [5, 5.41) is 8.88. The van der Waals surface area contributed by atoms with Gasteiger partial charge < -0.3 is 9.84 Å². The van der Waals surface area contributed by atoms with Gasteiger partial charge in [-0.25, -0.2) is 12.8 Å². The third kappa shape index (κ3) is 3.50. The van der Waals surface area contributed by atoms with Crippen molar-refractivity contribution in [2.75, 3.05) is 20.8 Å². The van der Waals surface area contributed by atoms with E-state index in [1.165, 1.54) is 20.2 Å². The molecule has 5 nitrogen and oxygen atoms in total. The summed E-state index contributed by atoms with van der Waals surface area (Å²) in [5.74, 6) is -0.872. The second-order valence-electron chi connectivity index (χ2n) is 4.25. The van der Waals surface area contributed by atoms with Gasteiger partial charge in [-0.1, -0.05) is 6.07 Å². The van der Waals surface area contributed by atoms with Crippen LogP contribution in [0.4, 0.5) is 4.39 Å². The number of likely N-dealkylation sites (N-methyl/N-ethyl adjacent to an activating group) is 1. The van der Waals surface area contributed by atoms with Crippen molar-refractivity contribution in [1.29, 1.82) is 0 Å². The first-order chi connectivity index (χ1) is 8.84. The second-order valence-corrected chi connectivity index (χ2v) is 6.21. The fourth-order valence-corrected chi connectivity index (χ4v) is 2.98. The van der Waals surface area contributed by atoms with Gasteiger partial charge in [-0.15, -0.1) is 0 Å². The number of ether oxygens (including phenoxy) is 1. The Balaban J connectivity index is 3.13. The maximum Gasteiger partial charge on any atom is 0.246 e. The fourth-order valence-electron chi connectivity index (χ4n) is 1.59. The van der Waals surface area contributed by atoms with Gasteiger partial charge in [0.25, 0.3) is 0 Å². The highest BCUT2D eigenvalue weighted by Crippen LogP contribution is 2.21. The molecule has 108 valence electrons. The van der Waals surface area contributed by atoms with Gasteiger partial charge in [-0.3, -0.25) is 0 Å². The first-order valence-corrected chi connectivity index (χ1v) is 7.14. The molecule has 1 aromatic carbocycles. The van der Waals surface area contributed by atoms with Crippen molar-refractivity contribution in [2.24, 2.45) is 0 Å². The summed E-state index contributed by atoms with van der Waals surface area (Å²) in [6.45, 7) is 1.54. The second kappa shape index (κ2) is 6.42. The molecule has 0 spiro atoms. The quantitative estimate of drug-likeness (QED) is 0.848. The molecule has 7 heteroatoms. The Morgan fingerprint density at radius 3 is 2.58 bits per heavy atom. The molecule has 0 saturated heterocycles. The smallest absolute Gasteiger partial charge is 0.246 e. The van der Waals surface area contributed by atoms with E-state index in [0.717, 1.165) is 16.4 Å². The number of aliphatic hydroxyl groups excluding tert-OH is 1. The maximum absolute atomic E-state index is 13.8. The van der Waals surface area contributed by atoms with Gasteiger partial charge in [0.15, 0.2) is 0 Å². The highest BCUT2D eigenvalue weighted by molar-refractivity contribution is 7.89. The molecular weight excluding hydrogens is 273 g/mol. The molecule has 0 saturated carbocycles. The number of hydrogen-bond acceptors (Lipinski definition) is 4. The minimum Gasteiger partial charge on any atom is -0.392 e. The minimum absolute atomic E-state index is 0.214. The van der Waals surface area contributed by atoms with Crippen molar-refractivity contribution in [3.63, 3.8) is 0 Å². The lowest BCUT2D eigenvalue weighted by molar-refractivity contribution is 0.149. The summed E-state index contributed by atoms with van der Waals surface area (Å²) in [5.41, 5.74) is 0.323. The largest absolute Gasteiger partial charge is 0.392 e. The van der Waals surface area contributed by atoms with Gasteiger partial charge in [0.2, 0.25) is 10.0 Å². The summed E-state index contributed by atoms with van der Waals surface area (Å²) in [7, 11) is -1.08. The van der Waals surface area contributed by atoms with E-state index in [1.54, 1.807) is 6.92 Å². The molecule has 1 N–H and O–H groups in total. The van der Waals surface area contributed by atoms with Crippen LogP contribution in [0.2, 0.25) is 0 Å². The van der Waals surface area contributed by atoms with Gasteiger partial charge in [0.1, 0.15) is 10.7 Å². The number of rotatable bonds is 6. The number of aliphatic hydroxyl groups is 1. The van der Waals surface area contributed by atoms with Crippen LogP contribution in [0.25, 0.3) is 0 Å². The lowest BCUT2D eigenvalue weighted by Gasteiger charge is -2.23. The van der Waals surface area contributed by atoms with Crippen molar-refractivity contribution in [3.05, 3.63) is 29.6 Å². The summed E-state index contributed by atoms with van der Waals surface area (Å²) < 4.78 is 44.2. The Hall–Kier alpha value is -1.02. The van der Waals surface area contributed by atoms with Gasteiger partial charge in [-0.05, 0) is 24.6 Å². The van der Waals surface area contributed by atoms with Crippen LogP contribution in [0.15, 0.2) is 23.1 Å². The summed E-state index contributed by atoms with van der Waals surface area (Å²) >= 11 is 0. The number of hydrogen-bond donors (Lipinski definition) is 1. The molecule has 0 bridgehead atoms. The standard InChI is InChI=1S/C12H18FNO4S/c1-9(8-18-3)14(2)19(16,17)12-5-4-10(7-15)6-11(12)13/h4-6,9,15H,7-8H2,1-3H3. The average molecular weight is 291 g/mol. The van der Waals surface area contributed by atoms with E-state index in [9.17, 15) is 12.8 Å². The van der Waals surface area contributed by atoms with E-state index < -0.39 is 26.8 Å². The van der Waals surface area contributed by atoms with Crippen LogP contribution in [0.5, 0.6) is 0 Å². The van der Waals surface area contributed by atoms with Crippen LogP contribution in [0.3, 0.4) is 0 Å². The zero-order valence-corrected chi connectivity index (χ0v) is 11.9. The predicted octanol–water partition coefficient (Wildman–Crippen LogP) is 0.973. The molecule has 0 aliphatic rings. The SMILES string of the molecule is COCC(C)N(C)S(=O)(=O)c1ccc(CO)cc1F. The van der Waals surface area contributed by atoms with Crippen LogP contribution in [0, 0.1) is 5.82 Å². The Kier molecular flexibility index (Phi) is 5.42. The van der Waals surface area contributed by atoms with Crippen molar-refractivity contribution >= 4 is 10.0 Å². The molecule has 1 unspecified atom stereocenters. The first-order valence-electron chi connectivity index (χ1n) is 5.70. The zero-order valence-electron chi connectivity index (χ0n) is 11.1. The number of sulfonamides is 1. The summed E-state index contributed by atoms with van der Waals surface area (Å²) in [4.78, 5) is -0.407. The van der Waals surface area contributed by atoms with Crippen LogP contribution < -0.4 is 0 Å². The Bertz CT molecular complexity index is 533. The molecule has 0 amide bonds. The molecule has 0 aliphatic heterocycles. The lowest BCUT2D eigenvalue weighted by atomic mass is 10.2. The van der Waals surface area contributed by atoms with Gasteiger partial charge in [0, 0.05) is 20.2 Å². The van der Waals surface area contributed by atoms with E-state index in [1.807, 2.05) is 0 Å². The van der Waals surface area contributed by atoms with Crippen molar-refractivity contribution in [3.8, 4) is 0 Å². The average Bonchev–Trinajstić information content (AvgIpc) is 2.37. The summed E-state index contributed by atoms with van der Waals surface area (Å²) in [6, 6.07) is 3.14. The molecule has 1 rings (SSSR count). The molecule has 1 atom stereocenters. The summed E-state index contributed by atoms with van der Waals surface area (Å²) in [6.07, 6.45) is 0. The molecule has 0 heterocycles. The number of halogens is 1. The van der Waals surface area contributed by atoms with Gasteiger partial charge >= 0.3 is 0 Å². The molecule has 1 aromatic rings. The van der Waals surface area contributed by atoms with Crippen LogP contribution in [-0.2, 0) is 21.4 Å². The fraction of sp³-hybridized carbons (Fsp3) is 0.500. The van der Waals surface area contributed by atoms with Crippen LogP contribution >= 0.6 is 0 Å². The number of nitrogens with zero attached hydrogens (tertiary/aromatic N) is 1. The van der Waals surface area contributed by atoms with Crippen LogP contribution in [-0.4, -0.2) is 44.6 Å². The molecule has 0 aromatic heterocycles. The van der Waals surface area contributed by atoms with Crippen LogP contribution in [0.1, 0.15) is 12.5 Å². The van der Waals surface area contributed by atoms with E-state index in [-0.39, 0.29) is 13.2 Å². The number of benzene rings is 1. The monoisotopic (exact) mass is 291 g/mol. The molecule has 19 heavy (non-hydrogen) atoms. The van der Waals surface area contributed by atoms with E-state index in [2.05, 4.69) is 0 Å². The highest BCUT2D eigenvalue weighted by atomic mass is 32.2. The first kappa shape index (κ1) is 16.0. The molecule has 0 fully saturated rings. The molecule has 0 radical (unpaired) electrons. The normalized spacial score (nSPS) is 13.8. The van der Waals surface area contributed by atoms with E-state index in [4.69, 9.17) is 9.84 Å². The Labute approximate surface area is 112 Å². The molecule has 0 aliphatic carbocycles. The maximum atomic E-state index is 13.8. The van der Waals surface area contributed by atoms with E-state index >= 15 is 0 Å². The third-order valence-corrected chi connectivity index (χ3v) is 4.87. The minimum atomic E-state index is -3.92.